The molecule has 0 bridgehead atoms. The first-order valence-corrected chi connectivity index (χ1v) is 9.61. The molecule has 0 unspecified atom stereocenters. The number of nitrogens with one attached hydrogen (secondary N) is 2. The van der Waals surface area contributed by atoms with Crippen LogP contribution in [0.15, 0.2) is 29.2 Å². The van der Waals surface area contributed by atoms with E-state index in [1.807, 2.05) is 0 Å². The minimum absolute atomic E-state index is 0.0129. The summed E-state index contributed by atoms with van der Waals surface area (Å²) in [5.74, 6) is 0.691. The molecular weight excluding hydrogens is 300 g/mol. The van der Waals surface area contributed by atoms with Crippen molar-refractivity contribution in [3.63, 3.8) is 0 Å². The molecule has 1 aromatic carbocycles. The van der Waals surface area contributed by atoms with E-state index < -0.39 is 9.84 Å². The summed E-state index contributed by atoms with van der Waals surface area (Å²) in [6, 6.07) is 6.49. The molecule has 6 heteroatoms. The maximum absolute atomic E-state index is 11.9. The lowest BCUT2D eigenvalue weighted by Gasteiger charge is -2.22. The second kappa shape index (κ2) is 7.74. The monoisotopic (exact) mass is 324 g/mol. The SMILES string of the molecule is CS(=O)(=O)c1ccc(CC(=O)NCCC2CCNCC2)cc1. The van der Waals surface area contributed by atoms with Gasteiger partial charge >= 0.3 is 0 Å². The van der Waals surface area contributed by atoms with Gasteiger partial charge in [-0.15, -0.1) is 0 Å². The van der Waals surface area contributed by atoms with E-state index in [0.29, 0.717) is 12.5 Å². The molecule has 2 N–H and O–H groups in total. The largest absolute Gasteiger partial charge is 0.356 e. The molecule has 122 valence electrons. The molecule has 0 spiro atoms. The summed E-state index contributed by atoms with van der Waals surface area (Å²) in [4.78, 5) is 12.2. The molecule has 22 heavy (non-hydrogen) atoms. The van der Waals surface area contributed by atoms with Crippen LogP contribution in [0.3, 0.4) is 0 Å². The van der Waals surface area contributed by atoms with Crippen LogP contribution < -0.4 is 10.6 Å². The quantitative estimate of drug-likeness (QED) is 0.823. The number of hydrogen-bond acceptors (Lipinski definition) is 4. The maximum Gasteiger partial charge on any atom is 0.224 e. The van der Waals surface area contributed by atoms with Crippen LogP contribution in [0.2, 0.25) is 0 Å². The molecular formula is C16H24N2O3S. The zero-order valence-corrected chi connectivity index (χ0v) is 13.8. The number of rotatable bonds is 6. The van der Waals surface area contributed by atoms with Crippen molar-refractivity contribution in [3.8, 4) is 0 Å². The summed E-state index contributed by atoms with van der Waals surface area (Å²) in [5.41, 5.74) is 0.826. The topological polar surface area (TPSA) is 75.3 Å². The maximum atomic E-state index is 11.9. The first-order valence-electron chi connectivity index (χ1n) is 7.71. The molecule has 0 saturated carbocycles. The first kappa shape index (κ1) is 17.0. The van der Waals surface area contributed by atoms with Gasteiger partial charge in [0.05, 0.1) is 11.3 Å². The fourth-order valence-electron chi connectivity index (χ4n) is 2.69. The summed E-state index contributed by atoms with van der Waals surface area (Å²) in [7, 11) is -3.18. The highest BCUT2D eigenvalue weighted by Crippen LogP contribution is 2.15. The summed E-state index contributed by atoms with van der Waals surface area (Å²) in [6.45, 7) is 2.86. The van der Waals surface area contributed by atoms with Gasteiger partial charge < -0.3 is 10.6 Å². The Kier molecular flexibility index (Phi) is 5.97. The zero-order chi connectivity index (χ0) is 16.0. The minimum atomic E-state index is -3.18. The Hall–Kier alpha value is -1.40. The van der Waals surface area contributed by atoms with Crippen LogP contribution in [0.25, 0.3) is 0 Å². The summed E-state index contributed by atoms with van der Waals surface area (Å²) in [5, 5.41) is 6.28. The van der Waals surface area contributed by atoms with Crippen LogP contribution in [-0.2, 0) is 21.1 Å². The van der Waals surface area contributed by atoms with Gasteiger partial charge in [-0.05, 0) is 56.0 Å². The van der Waals surface area contributed by atoms with Crippen LogP contribution in [0.1, 0.15) is 24.8 Å². The lowest BCUT2D eigenvalue weighted by atomic mass is 9.95. The summed E-state index contributed by atoms with van der Waals surface area (Å²) in [6.07, 6.45) is 4.86. The van der Waals surface area contributed by atoms with Crippen molar-refractivity contribution < 1.29 is 13.2 Å². The van der Waals surface area contributed by atoms with Gasteiger partial charge in [0.2, 0.25) is 5.91 Å². The highest BCUT2D eigenvalue weighted by molar-refractivity contribution is 7.90. The van der Waals surface area contributed by atoms with Crippen molar-refractivity contribution in [2.75, 3.05) is 25.9 Å². The van der Waals surface area contributed by atoms with E-state index in [1.54, 1.807) is 24.3 Å². The van der Waals surface area contributed by atoms with Crippen LogP contribution in [0, 0.1) is 5.92 Å². The Morgan fingerprint density at radius 1 is 1.23 bits per heavy atom. The first-order chi connectivity index (χ1) is 10.4. The summed E-state index contributed by atoms with van der Waals surface area (Å²) >= 11 is 0. The van der Waals surface area contributed by atoms with E-state index in [1.165, 1.54) is 19.1 Å². The summed E-state index contributed by atoms with van der Waals surface area (Å²) < 4.78 is 22.7. The Labute approximate surface area is 132 Å². The number of amides is 1. The molecule has 5 nitrogen and oxygen atoms in total. The molecule has 1 aliphatic rings. The number of carbonyl (C=O) groups is 1. The highest BCUT2D eigenvalue weighted by Gasteiger charge is 2.13. The Balaban J connectivity index is 1.74. The van der Waals surface area contributed by atoms with E-state index in [4.69, 9.17) is 0 Å². The van der Waals surface area contributed by atoms with Crippen LogP contribution in [0.5, 0.6) is 0 Å². The third-order valence-corrected chi connectivity index (χ3v) is 5.18. The molecule has 2 rings (SSSR count). The Morgan fingerprint density at radius 3 is 2.45 bits per heavy atom. The van der Waals surface area contributed by atoms with Gasteiger partial charge in [-0.3, -0.25) is 4.79 Å². The standard InChI is InChI=1S/C16H24N2O3S/c1-22(20,21)15-4-2-14(3-5-15)12-16(19)18-11-8-13-6-9-17-10-7-13/h2-5,13,17H,6-12H2,1H3,(H,18,19). The average Bonchev–Trinajstić information content (AvgIpc) is 2.48. The normalized spacial score (nSPS) is 16.4. The minimum Gasteiger partial charge on any atom is -0.356 e. The van der Waals surface area contributed by atoms with E-state index in [9.17, 15) is 13.2 Å². The van der Waals surface area contributed by atoms with E-state index in [-0.39, 0.29) is 17.2 Å². The Bertz CT molecular complexity index is 590. The fourth-order valence-corrected chi connectivity index (χ4v) is 3.32. The van der Waals surface area contributed by atoms with Gasteiger partial charge in [-0.1, -0.05) is 12.1 Å². The van der Waals surface area contributed by atoms with Crippen molar-refractivity contribution >= 4 is 15.7 Å². The third-order valence-electron chi connectivity index (χ3n) is 4.05. The smallest absolute Gasteiger partial charge is 0.224 e. The lowest BCUT2D eigenvalue weighted by Crippen LogP contribution is -2.31. The second-order valence-corrected chi connectivity index (χ2v) is 7.94. The third kappa shape index (κ3) is 5.42. The van der Waals surface area contributed by atoms with Gasteiger partial charge in [0.1, 0.15) is 0 Å². The van der Waals surface area contributed by atoms with Gasteiger partial charge in [0.15, 0.2) is 9.84 Å². The van der Waals surface area contributed by atoms with Crippen LogP contribution in [-0.4, -0.2) is 40.2 Å². The molecule has 0 aliphatic carbocycles. The predicted octanol–water partition coefficient (Wildman–Crippen LogP) is 1.14. The average molecular weight is 324 g/mol. The predicted molar refractivity (Wildman–Crippen MR) is 86.5 cm³/mol. The molecule has 1 saturated heterocycles. The van der Waals surface area contributed by atoms with Crippen LogP contribution in [0.4, 0.5) is 0 Å². The van der Waals surface area contributed by atoms with Gasteiger partial charge in [0.25, 0.3) is 0 Å². The van der Waals surface area contributed by atoms with Crippen molar-refractivity contribution in [2.24, 2.45) is 5.92 Å². The van der Waals surface area contributed by atoms with E-state index >= 15 is 0 Å². The van der Waals surface area contributed by atoms with Gasteiger partial charge in [0, 0.05) is 12.8 Å². The van der Waals surface area contributed by atoms with E-state index in [2.05, 4.69) is 10.6 Å². The number of benzene rings is 1. The number of carbonyl (C=O) groups excluding carboxylic acids is 1. The Morgan fingerprint density at radius 2 is 1.86 bits per heavy atom. The van der Waals surface area contributed by atoms with Crippen molar-refractivity contribution in [1.29, 1.82) is 0 Å². The van der Waals surface area contributed by atoms with Crippen molar-refractivity contribution in [2.45, 2.75) is 30.6 Å². The fraction of sp³-hybridized carbons (Fsp3) is 0.562. The van der Waals surface area contributed by atoms with Gasteiger partial charge in [-0.25, -0.2) is 8.42 Å². The molecule has 1 amide bonds. The molecule has 1 aromatic rings. The second-order valence-electron chi connectivity index (χ2n) is 5.92. The van der Waals surface area contributed by atoms with Crippen molar-refractivity contribution in [3.05, 3.63) is 29.8 Å². The van der Waals surface area contributed by atoms with Gasteiger partial charge in [-0.2, -0.15) is 0 Å². The molecule has 0 radical (unpaired) electrons. The van der Waals surface area contributed by atoms with Crippen LogP contribution >= 0.6 is 0 Å². The molecule has 1 aliphatic heterocycles. The number of sulfone groups is 1. The molecule has 1 heterocycles. The number of hydrogen-bond donors (Lipinski definition) is 2. The lowest BCUT2D eigenvalue weighted by molar-refractivity contribution is -0.120. The number of piperidine rings is 1. The zero-order valence-electron chi connectivity index (χ0n) is 13.0. The highest BCUT2D eigenvalue weighted by atomic mass is 32.2. The molecule has 0 atom stereocenters. The molecule has 0 aromatic heterocycles. The molecule has 1 fully saturated rings. The van der Waals surface area contributed by atoms with E-state index in [0.717, 1.165) is 25.1 Å². The van der Waals surface area contributed by atoms with Crippen molar-refractivity contribution in [1.82, 2.24) is 10.6 Å².